The van der Waals surface area contributed by atoms with E-state index in [0.29, 0.717) is 25.9 Å². The van der Waals surface area contributed by atoms with Crippen LogP contribution in [0.2, 0.25) is 0 Å². The number of nitrogens with zero attached hydrogens (tertiary/aromatic N) is 2. The summed E-state index contributed by atoms with van der Waals surface area (Å²) in [7, 11) is 0. The van der Waals surface area contributed by atoms with Crippen LogP contribution in [0.15, 0.2) is 29.2 Å². The summed E-state index contributed by atoms with van der Waals surface area (Å²) in [4.78, 5) is 29.0. The standard InChI is InChI=1S/C20H25F3N2O2S/c21-20(22,23)28-17-8-4-3-7-16(17)19(27)25-13-9-15(10-14-25)18(26)24-11-5-1-2-6-12-24/h3-4,7-8,15H,1-2,5-6,9-14H2. The van der Waals surface area contributed by atoms with Crippen LogP contribution in [0, 0.1) is 5.92 Å². The molecule has 2 aliphatic rings. The van der Waals surface area contributed by atoms with Crippen LogP contribution in [0.5, 0.6) is 0 Å². The molecular formula is C20H25F3N2O2S. The number of amides is 2. The lowest BCUT2D eigenvalue weighted by Gasteiger charge is -2.34. The predicted molar refractivity (Wildman–Crippen MR) is 102 cm³/mol. The minimum atomic E-state index is -4.44. The average molecular weight is 414 g/mol. The van der Waals surface area contributed by atoms with Crippen LogP contribution in [0.1, 0.15) is 48.9 Å². The number of hydrogen-bond acceptors (Lipinski definition) is 3. The van der Waals surface area contributed by atoms with Crippen molar-refractivity contribution in [1.82, 2.24) is 9.80 Å². The van der Waals surface area contributed by atoms with Crippen LogP contribution in [-0.4, -0.2) is 53.3 Å². The molecule has 0 radical (unpaired) electrons. The number of hydrogen-bond donors (Lipinski definition) is 0. The molecule has 2 fully saturated rings. The molecule has 0 atom stereocenters. The Kier molecular flexibility index (Phi) is 6.91. The van der Waals surface area contributed by atoms with Crippen LogP contribution in [0.3, 0.4) is 0 Å². The van der Waals surface area contributed by atoms with Crippen LogP contribution < -0.4 is 0 Å². The molecule has 0 saturated carbocycles. The molecule has 1 aromatic carbocycles. The van der Waals surface area contributed by atoms with Crippen molar-refractivity contribution in [2.75, 3.05) is 26.2 Å². The van der Waals surface area contributed by atoms with E-state index in [9.17, 15) is 22.8 Å². The first-order valence-electron chi connectivity index (χ1n) is 9.78. The summed E-state index contributed by atoms with van der Waals surface area (Å²) < 4.78 is 38.3. The van der Waals surface area contributed by atoms with Crippen molar-refractivity contribution in [2.45, 2.75) is 48.9 Å². The second-order valence-corrected chi connectivity index (χ2v) is 8.46. The molecule has 4 nitrogen and oxygen atoms in total. The van der Waals surface area contributed by atoms with Crippen LogP contribution in [-0.2, 0) is 4.79 Å². The zero-order valence-electron chi connectivity index (χ0n) is 15.7. The summed E-state index contributed by atoms with van der Waals surface area (Å²) >= 11 is -0.262. The number of thioether (sulfide) groups is 1. The Labute approximate surface area is 167 Å². The summed E-state index contributed by atoms with van der Waals surface area (Å²) in [5.74, 6) is -0.322. The predicted octanol–water partition coefficient (Wildman–Crippen LogP) is 4.55. The third kappa shape index (κ3) is 5.43. The number of carbonyl (C=O) groups is 2. The van der Waals surface area contributed by atoms with Crippen molar-refractivity contribution < 1.29 is 22.8 Å². The van der Waals surface area contributed by atoms with Crippen LogP contribution >= 0.6 is 11.8 Å². The Balaban J connectivity index is 1.60. The fourth-order valence-corrected chi connectivity index (χ4v) is 4.57. The molecule has 0 aliphatic carbocycles. The maximum Gasteiger partial charge on any atom is 0.446 e. The van der Waals surface area contributed by atoms with Gasteiger partial charge in [-0.3, -0.25) is 9.59 Å². The molecular weight excluding hydrogens is 389 g/mol. The Morgan fingerprint density at radius 1 is 0.893 bits per heavy atom. The third-order valence-corrected chi connectivity index (χ3v) is 6.20. The molecule has 2 heterocycles. The molecule has 0 bridgehead atoms. The van der Waals surface area contributed by atoms with E-state index in [2.05, 4.69) is 0 Å². The Morgan fingerprint density at radius 2 is 1.50 bits per heavy atom. The summed E-state index contributed by atoms with van der Waals surface area (Å²) in [6.45, 7) is 2.40. The Hall–Kier alpha value is -1.70. The maximum absolute atomic E-state index is 12.8. The Bertz CT molecular complexity index is 695. The number of carbonyl (C=O) groups excluding carboxylic acids is 2. The first-order chi connectivity index (χ1) is 13.3. The third-order valence-electron chi connectivity index (χ3n) is 5.39. The van der Waals surface area contributed by atoms with Gasteiger partial charge >= 0.3 is 5.51 Å². The van der Waals surface area contributed by atoms with Crippen LogP contribution in [0.25, 0.3) is 0 Å². The van der Waals surface area contributed by atoms with Gasteiger partial charge in [-0.2, -0.15) is 13.2 Å². The lowest BCUT2D eigenvalue weighted by atomic mass is 9.94. The number of alkyl halides is 3. The number of rotatable bonds is 3. The van der Waals surface area contributed by atoms with Crippen molar-refractivity contribution in [3.05, 3.63) is 29.8 Å². The van der Waals surface area contributed by atoms with Gasteiger partial charge in [-0.15, -0.1) is 0 Å². The highest BCUT2D eigenvalue weighted by atomic mass is 32.2. The van der Waals surface area contributed by atoms with Gasteiger partial charge < -0.3 is 9.80 Å². The lowest BCUT2D eigenvalue weighted by Crippen LogP contribution is -2.44. The molecule has 2 aliphatic heterocycles. The highest BCUT2D eigenvalue weighted by Gasteiger charge is 2.34. The van der Waals surface area contributed by atoms with E-state index >= 15 is 0 Å². The number of likely N-dealkylation sites (tertiary alicyclic amines) is 2. The van der Waals surface area contributed by atoms with Crippen molar-refractivity contribution >= 4 is 23.6 Å². The van der Waals surface area contributed by atoms with Gasteiger partial charge in [0, 0.05) is 37.0 Å². The van der Waals surface area contributed by atoms with Crippen molar-refractivity contribution in [1.29, 1.82) is 0 Å². The first kappa shape index (κ1) is 21.0. The fraction of sp³-hybridized carbons (Fsp3) is 0.600. The number of benzene rings is 1. The van der Waals surface area contributed by atoms with Gasteiger partial charge in [0.15, 0.2) is 0 Å². The smallest absolute Gasteiger partial charge is 0.342 e. The van der Waals surface area contributed by atoms with E-state index in [1.165, 1.54) is 18.2 Å². The average Bonchev–Trinajstić information content (AvgIpc) is 2.96. The van der Waals surface area contributed by atoms with Gasteiger partial charge in [-0.1, -0.05) is 25.0 Å². The zero-order chi connectivity index (χ0) is 20.1. The van der Waals surface area contributed by atoms with E-state index in [1.54, 1.807) is 11.0 Å². The minimum Gasteiger partial charge on any atom is -0.342 e. The fourth-order valence-electron chi connectivity index (χ4n) is 3.91. The number of halogens is 3. The van der Waals surface area contributed by atoms with Gasteiger partial charge in [-0.25, -0.2) is 0 Å². The molecule has 0 aromatic heterocycles. The molecule has 28 heavy (non-hydrogen) atoms. The van der Waals surface area contributed by atoms with Gasteiger partial charge in [0.1, 0.15) is 0 Å². The molecule has 154 valence electrons. The van der Waals surface area contributed by atoms with Crippen molar-refractivity contribution in [2.24, 2.45) is 5.92 Å². The summed E-state index contributed by atoms with van der Waals surface area (Å²) in [6.07, 6.45) is 5.52. The molecule has 2 amide bonds. The molecule has 2 saturated heterocycles. The molecule has 8 heteroatoms. The van der Waals surface area contributed by atoms with E-state index in [4.69, 9.17) is 0 Å². The summed E-state index contributed by atoms with van der Waals surface area (Å²) in [5, 5.41) is 0. The van der Waals surface area contributed by atoms with Gasteiger partial charge in [-0.05, 0) is 49.6 Å². The topological polar surface area (TPSA) is 40.6 Å². The normalized spacial score (nSPS) is 19.4. The van der Waals surface area contributed by atoms with Crippen molar-refractivity contribution in [3.63, 3.8) is 0 Å². The molecule has 1 aromatic rings. The van der Waals surface area contributed by atoms with Crippen molar-refractivity contribution in [3.8, 4) is 0 Å². The van der Waals surface area contributed by atoms with E-state index in [-0.39, 0.29) is 34.0 Å². The van der Waals surface area contributed by atoms with E-state index < -0.39 is 11.4 Å². The monoisotopic (exact) mass is 414 g/mol. The number of piperidine rings is 1. The second-order valence-electron chi connectivity index (χ2n) is 7.35. The largest absolute Gasteiger partial charge is 0.446 e. The molecule has 0 N–H and O–H groups in total. The van der Waals surface area contributed by atoms with E-state index in [0.717, 1.165) is 38.8 Å². The van der Waals surface area contributed by atoms with Gasteiger partial charge in [0.05, 0.1) is 5.56 Å². The highest BCUT2D eigenvalue weighted by Crippen LogP contribution is 2.39. The second kappa shape index (κ2) is 9.20. The van der Waals surface area contributed by atoms with Gasteiger partial charge in [0.2, 0.25) is 5.91 Å². The SMILES string of the molecule is O=C(c1ccccc1SC(F)(F)F)N1CCC(C(=O)N2CCCCCC2)CC1. The first-order valence-corrected chi connectivity index (χ1v) is 10.6. The highest BCUT2D eigenvalue weighted by molar-refractivity contribution is 8.00. The molecule has 0 unspecified atom stereocenters. The van der Waals surface area contributed by atoms with E-state index in [1.807, 2.05) is 4.90 Å². The lowest BCUT2D eigenvalue weighted by molar-refractivity contribution is -0.136. The quantitative estimate of drug-likeness (QED) is 0.681. The van der Waals surface area contributed by atoms with Crippen LogP contribution in [0.4, 0.5) is 13.2 Å². The Morgan fingerprint density at radius 3 is 2.11 bits per heavy atom. The molecule has 0 spiro atoms. The minimum absolute atomic E-state index is 0.0714. The summed E-state index contributed by atoms with van der Waals surface area (Å²) in [6, 6.07) is 5.83. The van der Waals surface area contributed by atoms with Gasteiger partial charge in [0.25, 0.3) is 5.91 Å². The zero-order valence-corrected chi connectivity index (χ0v) is 16.5. The molecule has 3 rings (SSSR count). The maximum atomic E-state index is 12.8. The summed E-state index contributed by atoms with van der Waals surface area (Å²) in [5.41, 5.74) is -4.37.